The predicted molar refractivity (Wildman–Crippen MR) is 73.6 cm³/mol. The van der Waals surface area contributed by atoms with E-state index in [4.69, 9.17) is 10.5 Å². The van der Waals surface area contributed by atoms with Crippen molar-refractivity contribution >= 4 is 22.2 Å². The minimum atomic E-state index is 0.595. The first kappa shape index (κ1) is 12.8. The molecule has 0 aliphatic heterocycles. The van der Waals surface area contributed by atoms with Gasteiger partial charge in [-0.25, -0.2) is 0 Å². The van der Waals surface area contributed by atoms with Crippen molar-refractivity contribution < 1.29 is 4.74 Å². The van der Waals surface area contributed by atoms with Crippen molar-refractivity contribution in [1.82, 2.24) is 10.2 Å². The number of anilines is 2. The molecular weight excluding hydrogens is 248 g/mol. The van der Waals surface area contributed by atoms with E-state index in [0.29, 0.717) is 13.2 Å². The normalized spacial score (nSPS) is 10.3. The zero-order valence-electron chi connectivity index (χ0n) is 10.2. The van der Waals surface area contributed by atoms with Gasteiger partial charge in [-0.2, -0.15) is 0 Å². The van der Waals surface area contributed by atoms with Crippen LogP contribution in [0.4, 0.5) is 10.8 Å². The third-order valence-corrected chi connectivity index (χ3v) is 3.14. The molecule has 3 N–H and O–H groups in total. The van der Waals surface area contributed by atoms with Gasteiger partial charge in [-0.05, 0) is 37.7 Å². The first-order valence-corrected chi connectivity index (χ1v) is 6.66. The molecule has 0 radical (unpaired) electrons. The molecule has 0 fully saturated rings. The van der Waals surface area contributed by atoms with Gasteiger partial charge in [-0.3, -0.25) is 0 Å². The molecule has 0 aliphatic rings. The topological polar surface area (TPSA) is 73.1 Å². The first-order chi connectivity index (χ1) is 8.81. The molecule has 0 unspecified atom stereocenters. The molecular formula is C12H16N4OS. The first-order valence-electron chi connectivity index (χ1n) is 5.84. The van der Waals surface area contributed by atoms with Crippen molar-refractivity contribution in [2.45, 2.75) is 13.3 Å². The van der Waals surface area contributed by atoms with Crippen molar-refractivity contribution in [1.29, 1.82) is 0 Å². The Morgan fingerprint density at radius 3 is 2.72 bits per heavy atom. The highest BCUT2D eigenvalue weighted by molar-refractivity contribution is 7.15. The fourth-order valence-corrected chi connectivity index (χ4v) is 2.23. The Morgan fingerprint density at radius 1 is 1.28 bits per heavy atom. The van der Waals surface area contributed by atoms with Crippen molar-refractivity contribution in [3.63, 3.8) is 0 Å². The Hall–Kier alpha value is -1.66. The highest BCUT2D eigenvalue weighted by atomic mass is 32.1. The summed E-state index contributed by atoms with van der Waals surface area (Å²) in [5.74, 6) is 0.865. The maximum Gasteiger partial charge on any atom is 0.210 e. The fraction of sp³-hybridized carbons (Fsp3) is 0.333. The van der Waals surface area contributed by atoms with E-state index in [1.54, 1.807) is 0 Å². The summed E-state index contributed by atoms with van der Waals surface area (Å²) in [6.45, 7) is 3.23. The van der Waals surface area contributed by atoms with Gasteiger partial charge in [0.1, 0.15) is 10.8 Å². The molecule has 0 aliphatic carbocycles. The highest BCUT2D eigenvalue weighted by Crippen LogP contribution is 2.22. The number of hydrogen-bond acceptors (Lipinski definition) is 6. The van der Waals surface area contributed by atoms with Crippen molar-refractivity contribution in [3.8, 4) is 5.75 Å². The second-order valence-electron chi connectivity index (χ2n) is 3.62. The van der Waals surface area contributed by atoms with Gasteiger partial charge in [0.25, 0.3) is 0 Å². The maximum atomic E-state index is 5.47. The van der Waals surface area contributed by atoms with Gasteiger partial charge in [0.05, 0.1) is 6.61 Å². The number of nitrogens with one attached hydrogen (secondary N) is 1. The van der Waals surface area contributed by atoms with E-state index >= 15 is 0 Å². The number of nitrogens with zero attached hydrogens (tertiary/aromatic N) is 2. The van der Waals surface area contributed by atoms with Crippen LogP contribution < -0.4 is 15.8 Å². The number of nitrogens with two attached hydrogens (primary N) is 1. The third-order valence-electron chi connectivity index (χ3n) is 2.24. The van der Waals surface area contributed by atoms with Crippen LogP contribution in [0.3, 0.4) is 0 Å². The molecule has 1 aromatic carbocycles. The monoisotopic (exact) mass is 264 g/mol. The summed E-state index contributed by atoms with van der Waals surface area (Å²) in [5.41, 5.74) is 6.44. The molecule has 18 heavy (non-hydrogen) atoms. The Bertz CT molecular complexity index is 483. The second kappa shape index (κ2) is 6.32. The standard InChI is InChI=1S/C12H16N4OS/c1-2-17-10-5-3-9(4-6-10)14-12-16-15-11(18-12)7-8-13/h3-6H,2,7-8,13H2,1H3,(H,14,16). The lowest BCUT2D eigenvalue weighted by Crippen LogP contribution is -2.01. The van der Waals surface area contributed by atoms with Gasteiger partial charge in [-0.1, -0.05) is 11.3 Å². The second-order valence-corrected chi connectivity index (χ2v) is 4.68. The van der Waals surface area contributed by atoms with E-state index in [-0.39, 0.29) is 0 Å². The predicted octanol–water partition coefficient (Wildman–Crippen LogP) is 2.18. The highest BCUT2D eigenvalue weighted by Gasteiger charge is 2.03. The average Bonchev–Trinajstić information content (AvgIpc) is 2.80. The molecule has 0 amide bonds. The Kier molecular flexibility index (Phi) is 4.49. The molecule has 0 atom stereocenters. The molecule has 1 heterocycles. The Morgan fingerprint density at radius 2 is 2.06 bits per heavy atom. The molecule has 0 saturated carbocycles. The van der Waals surface area contributed by atoms with Crippen LogP contribution in [-0.2, 0) is 6.42 Å². The van der Waals surface area contributed by atoms with E-state index in [1.165, 1.54) is 11.3 Å². The Balaban J connectivity index is 1.99. The van der Waals surface area contributed by atoms with Crippen LogP contribution in [0.25, 0.3) is 0 Å². The van der Waals surface area contributed by atoms with E-state index in [9.17, 15) is 0 Å². The van der Waals surface area contributed by atoms with Crippen LogP contribution >= 0.6 is 11.3 Å². The van der Waals surface area contributed by atoms with Gasteiger partial charge in [0, 0.05) is 12.1 Å². The van der Waals surface area contributed by atoms with E-state index < -0.39 is 0 Å². The van der Waals surface area contributed by atoms with Crippen molar-refractivity contribution in [2.75, 3.05) is 18.5 Å². The maximum absolute atomic E-state index is 5.47. The molecule has 1 aromatic heterocycles. The molecule has 0 spiro atoms. The van der Waals surface area contributed by atoms with Crippen LogP contribution in [0.2, 0.25) is 0 Å². The Labute approximate surface area is 110 Å². The number of hydrogen-bond donors (Lipinski definition) is 2. The summed E-state index contributed by atoms with van der Waals surface area (Å²) in [5, 5.41) is 13.0. The lowest BCUT2D eigenvalue weighted by atomic mass is 10.3. The van der Waals surface area contributed by atoms with Gasteiger partial charge in [0.15, 0.2) is 0 Å². The molecule has 96 valence electrons. The molecule has 2 rings (SSSR count). The molecule has 5 nitrogen and oxygen atoms in total. The van der Waals surface area contributed by atoms with Crippen molar-refractivity contribution in [2.24, 2.45) is 5.73 Å². The number of benzene rings is 1. The fourth-order valence-electron chi connectivity index (χ4n) is 1.45. The lowest BCUT2D eigenvalue weighted by Gasteiger charge is -2.04. The van der Waals surface area contributed by atoms with E-state index in [1.807, 2.05) is 31.2 Å². The molecule has 2 aromatic rings. The average molecular weight is 264 g/mol. The van der Waals surface area contributed by atoms with Crippen molar-refractivity contribution in [3.05, 3.63) is 29.3 Å². The van der Waals surface area contributed by atoms with Crippen LogP contribution in [0.5, 0.6) is 5.75 Å². The lowest BCUT2D eigenvalue weighted by molar-refractivity contribution is 0.340. The summed E-state index contributed by atoms with van der Waals surface area (Å²) in [7, 11) is 0. The SMILES string of the molecule is CCOc1ccc(Nc2nnc(CCN)s2)cc1. The van der Waals surface area contributed by atoms with E-state index in [0.717, 1.165) is 28.0 Å². The van der Waals surface area contributed by atoms with Gasteiger partial charge >= 0.3 is 0 Å². The number of rotatable bonds is 6. The summed E-state index contributed by atoms with van der Waals surface area (Å²) in [6, 6.07) is 7.76. The van der Waals surface area contributed by atoms with Crippen LogP contribution in [0.1, 0.15) is 11.9 Å². The van der Waals surface area contributed by atoms with Crippen LogP contribution in [0, 0.1) is 0 Å². The van der Waals surface area contributed by atoms with Crippen LogP contribution in [0.15, 0.2) is 24.3 Å². The summed E-state index contributed by atoms with van der Waals surface area (Å²) in [4.78, 5) is 0. The van der Waals surface area contributed by atoms with Gasteiger partial charge < -0.3 is 15.8 Å². The molecule has 6 heteroatoms. The minimum absolute atomic E-state index is 0.595. The summed E-state index contributed by atoms with van der Waals surface area (Å²) in [6.07, 6.45) is 0.766. The summed E-state index contributed by atoms with van der Waals surface area (Å²) < 4.78 is 5.38. The van der Waals surface area contributed by atoms with Crippen LogP contribution in [-0.4, -0.2) is 23.3 Å². The minimum Gasteiger partial charge on any atom is -0.494 e. The van der Waals surface area contributed by atoms with Gasteiger partial charge in [0.2, 0.25) is 5.13 Å². The quantitative estimate of drug-likeness (QED) is 0.836. The molecule has 0 saturated heterocycles. The summed E-state index contributed by atoms with van der Waals surface area (Å²) >= 11 is 1.52. The largest absolute Gasteiger partial charge is 0.494 e. The molecule has 0 bridgehead atoms. The smallest absolute Gasteiger partial charge is 0.210 e. The number of aromatic nitrogens is 2. The van der Waals surface area contributed by atoms with E-state index in [2.05, 4.69) is 15.5 Å². The number of ether oxygens (including phenoxy) is 1. The zero-order valence-corrected chi connectivity index (χ0v) is 11.0. The third kappa shape index (κ3) is 3.41. The van der Waals surface area contributed by atoms with Gasteiger partial charge in [-0.15, -0.1) is 10.2 Å². The zero-order chi connectivity index (χ0) is 12.8.